The molecule has 5 rings (SSSR count). The van der Waals surface area contributed by atoms with Crippen LogP contribution in [-0.2, 0) is 14.7 Å². The maximum atomic E-state index is 6.20. The summed E-state index contributed by atoms with van der Waals surface area (Å²) < 4.78 is 12.4. The molecule has 3 aromatic carbocycles. The minimum absolute atomic E-state index is 0.0467. The van der Waals surface area contributed by atoms with Crippen LogP contribution in [0.4, 0.5) is 0 Å². The largest absolute Gasteiger partial charge is 0.494 e. The summed E-state index contributed by atoms with van der Waals surface area (Å²) in [5, 5.41) is 0. The standard InChI is InChI=1S/C27H29BO2.C2H6/c1-25(2)23-10-8-7-9-21(23)22-17-19(13-16-24(22)25)18-11-14-20(15-12-18)28-29-26(3,4)27(5,6)30-28;1-2/h7-17H,1-6H3;1-2H3. The number of rotatable bonds is 2. The number of hydrogen-bond donors (Lipinski definition) is 0. The first-order valence-electron chi connectivity index (χ1n) is 11.8. The van der Waals surface area contributed by atoms with E-state index in [-0.39, 0.29) is 23.7 Å². The highest BCUT2D eigenvalue weighted by Crippen LogP contribution is 2.49. The van der Waals surface area contributed by atoms with Gasteiger partial charge in [0.2, 0.25) is 0 Å². The Bertz CT molecular complexity index is 1110. The fourth-order valence-corrected chi connectivity index (χ4v) is 4.71. The second kappa shape index (κ2) is 7.90. The summed E-state index contributed by atoms with van der Waals surface area (Å²) in [6, 6.07) is 24.3. The first kappa shape index (κ1) is 22.8. The van der Waals surface area contributed by atoms with Gasteiger partial charge in [-0.1, -0.05) is 88.4 Å². The molecule has 1 aliphatic heterocycles. The van der Waals surface area contributed by atoms with Gasteiger partial charge < -0.3 is 9.31 Å². The highest BCUT2D eigenvalue weighted by atomic mass is 16.7. The van der Waals surface area contributed by atoms with Crippen molar-refractivity contribution in [3.63, 3.8) is 0 Å². The first-order valence-corrected chi connectivity index (χ1v) is 11.8. The van der Waals surface area contributed by atoms with Crippen LogP contribution in [-0.4, -0.2) is 18.3 Å². The van der Waals surface area contributed by atoms with Crippen LogP contribution < -0.4 is 5.46 Å². The zero-order valence-corrected chi connectivity index (χ0v) is 20.7. The molecular weight excluding hydrogens is 391 g/mol. The number of fused-ring (bicyclic) bond motifs is 3. The van der Waals surface area contributed by atoms with E-state index >= 15 is 0 Å². The lowest BCUT2D eigenvalue weighted by molar-refractivity contribution is 0.00578. The van der Waals surface area contributed by atoms with Gasteiger partial charge in [-0.2, -0.15) is 0 Å². The van der Waals surface area contributed by atoms with E-state index in [2.05, 4.69) is 108 Å². The van der Waals surface area contributed by atoms with Crippen LogP contribution in [0.5, 0.6) is 0 Å². The molecule has 3 aromatic rings. The van der Waals surface area contributed by atoms with E-state index in [1.807, 2.05) is 13.8 Å². The predicted molar refractivity (Wildman–Crippen MR) is 137 cm³/mol. The molecule has 0 atom stereocenters. The maximum Gasteiger partial charge on any atom is 0.494 e. The zero-order chi connectivity index (χ0) is 23.3. The quantitative estimate of drug-likeness (QED) is 0.412. The summed E-state index contributed by atoms with van der Waals surface area (Å²) in [7, 11) is -0.322. The molecule has 1 fully saturated rings. The maximum absolute atomic E-state index is 6.20. The molecule has 32 heavy (non-hydrogen) atoms. The molecule has 0 aromatic heterocycles. The lowest BCUT2D eigenvalue weighted by Gasteiger charge is -2.32. The average Bonchev–Trinajstić information content (AvgIpc) is 3.15. The summed E-state index contributed by atoms with van der Waals surface area (Å²) in [6.45, 7) is 17.0. The van der Waals surface area contributed by atoms with Crippen molar-refractivity contribution < 1.29 is 9.31 Å². The summed E-state index contributed by atoms with van der Waals surface area (Å²) in [5.41, 5.74) is 8.43. The van der Waals surface area contributed by atoms with Crippen molar-refractivity contribution in [2.45, 2.75) is 72.0 Å². The van der Waals surface area contributed by atoms with Gasteiger partial charge >= 0.3 is 7.12 Å². The van der Waals surface area contributed by atoms with Gasteiger partial charge in [0.15, 0.2) is 0 Å². The van der Waals surface area contributed by atoms with E-state index < -0.39 is 0 Å². The van der Waals surface area contributed by atoms with E-state index in [9.17, 15) is 0 Å². The van der Waals surface area contributed by atoms with Crippen LogP contribution in [0.15, 0.2) is 66.7 Å². The monoisotopic (exact) mass is 426 g/mol. The minimum Gasteiger partial charge on any atom is -0.399 e. The fourth-order valence-electron chi connectivity index (χ4n) is 4.71. The van der Waals surface area contributed by atoms with E-state index in [4.69, 9.17) is 9.31 Å². The van der Waals surface area contributed by atoms with Gasteiger partial charge in [-0.3, -0.25) is 0 Å². The molecule has 0 unspecified atom stereocenters. The van der Waals surface area contributed by atoms with Crippen LogP contribution in [0.25, 0.3) is 22.3 Å². The topological polar surface area (TPSA) is 18.5 Å². The molecule has 0 amide bonds. The Hall–Kier alpha value is -2.36. The zero-order valence-electron chi connectivity index (χ0n) is 20.7. The highest BCUT2D eigenvalue weighted by molar-refractivity contribution is 6.62. The Labute approximate surface area is 194 Å². The lowest BCUT2D eigenvalue weighted by Crippen LogP contribution is -2.41. The van der Waals surface area contributed by atoms with Gasteiger partial charge in [0.05, 0.1) is 11.2 Å². The fraction of sp³-hybridized carbons (Fsp3) is 0.379. The summed E-state index contributed by atoms with van der Waals surface area (Å²) in [4.78, 5) is 0. The minimum atomic E-state index is -0.323. The third-order valence-corrected chi connectivity index (χ3v) is 7.35. The van der Waals surface area contributed by atoms with Crippen LogP contribution in [0.1, 0.15) is 66.5 Å². The van der Waals surface area contributed by atoms with Crippen molar-refractivity contribution in [1.29, 1.82) is 0 Å². The Morgan fingerprint density at radius 1 is 0.594 bits per heavy atom. The first-order chi connectivity index (χ1) is 15.1. The molecule has 1 aliphatic carbocycles. The van der Waals surface area contributed by atoms with Crippen LogP contribution in [0, 0.1) is 0 Å². The normalized spacial score (nSPS) is 19.1. The third-order valence-electron chi connectivity index (χ3n) is 7.35. The molecule has 0 radical (unpaired) electrons. The van der Waals surface area contributed by atoms with Gasteiger partial charge in [0, 0.05) is 5.41 Å². The number of hydrogen-bond acceptors (Lipinski definition) is 2. The molecule has 2 nitrogen and oxygen atoms in total. The van der Waals surface area contributed by atoms with Gasteiger partial charge in [-0.25, -0.2) is 0 Å². The van der Waals surface area contributed by atoms with Gasteiger partial charge in [-0.05, 0) is 72.6 Å². The Morgan fingerprint density at radius 2 is 1.12 bits per heavy atom. The second-order valence-electron chi connectivity index (χ2n) is 10.1. The van der Waals surface area contributed by atoms with Crippen LogP contribution >= 0.6 is 0 Å². The SMILES string of the molecule is CC.CC1(C)c2ccccc2-c2cc(-c3ccc(B4OC(C)(C)C(C)(C)O4)cc3)ccc21. The summed E-state index contributed by atoms with van der Waals surface area (Å²) in [6.07, 6.45) is 0. The molecule has 0 bridgehead atoms. The number of benzene rings is 3. The molecule has 2 aliphatic rings. The van der Waals surface area contributed by atoms with Gasteiger partial charge in [0.25, 0.3) is 0 Å². The molecule has 0 spiro atoms. The van der Waals surface area contributed by atoms with Crippen molar-refractivity contribution in [2.24, 2.45) is 0 Å². The molecule has 1 heterocycles. The average molecular weight is 426 g/mol. The third kappa shape index (κ3) is 3.52. The van der Waals surface area contributed by atoms with Crippen LogP contribution in [0.2, 0.25) is 0 Å². The van der Waals surface area contributed by atoms with Gasteiger partial charge in [-0.15, -0.1) is 0 Å². The van der Waals surface area contributed by atoms with E-state index in [1.54, 1.807) is 0 Å². The van der Waals surface area contributed by atoms with E-state index in [1.165, 1.54) is 33.4 Å². The second-order valence-corrected chi connectivity index (χ2v) is 10.1. The lowest BCUT2D eigenvalue weighted by atomic mass is 9.78. The smallest absolute Gasteiger partial charge is 0.399 e. The van der Waals surface area contributed by atoms with Gasteiger partial charge in [0.1, 0.15) is 0 Å². The predicted octanol–water partition coefficient (Wildman–Crippen LogP) is 6.99. The van der Waals surface area contributed by atoms with Crippen molar-refractivity contribution in [1.82, 2.24) is 0 Å². The molecule has 1 saturated heterocycles. The van der Waals surface area contributed by atoms with Crippen molar-refractivity contribution >= 4 is 12.6 Å². The summed E-state index contributed by atoms with van der Waals surface area (Å²) in [5.74, 6) is 0. The molecular formula is C29H35BO2. The van der Waals surface area contributed by atoms with Crippen LogP contribution in [0.3, 0.4) is 0 Å². The molecule has 166 valence electrons. The van der Waals surface area contributed by atoms with Crippen molar-refractivity contribution in [2.75, 3.05) is 0 Å². The summed E-state index contributed by atoms with van der Waals surface area (Å²) >= 11 is 0. The molecule has 3 heteroatoms. The van der Waals surface area contributed by atoms with Crippen molar-refractivity contribution in [3.05, 3.63) is 77.9 Å². The Kier molecular flexibility index (Phi) is 5.63. The van der Waals surface area contributed by atoms with E-state index in [0.717, 1.165) is 5.46 Å². The Morgan fingerprint density at radius 3 is 1.75 bits per heavy atom. The molecule has 0 N–H and O–H groups in total. The Balaban J connectivity index is 0.00000119. The molecule has 0 saturated carbocycles. The van der Waals surface area contributed by atoms with E-state index in [0.29, 0.717) is 0 Å². The highest BCUT2D eigenvalue weighted by Gasteiger charge is 2.51. The van der Waals surface area contributed by atoms with Crippen molar-refractivity contribution in [3.8, 4) is 22.3 Å².